The van der Waals surface area contributed by atoms with Gasteiger partial charge in [-0.15, -0.1) is 0 Å². The lowest BCUT2D eigenvalue weighted by molar-refractivity contribution is -0.265. The molecule has 134 valence electrons. The van der Waals surface area contributed by atoms with Gasteiger partial charge in [-0.1, -0.05) is 6.08 Å². The van der Waals surface area contributed by atoms with E-state index in [0.29, 0.717) is 0 Å². The Morgan fingerprint density at radius 3 is 2.30 bits per heavy atom. The molecule has 1 saturated heterocycles. The number of aliphatic hydroxyl groups is 6. The zero-order valence-corrected chi connectivity index (χ0v) is 13.0. The van der Waals surface area contributed by atoms with Crippen LogP contribution in [0.4, 0.5) is 0 Å². The van der Waals surface area contributed by atoms with Gasteiger partial charge < -0.3 is 45.4 Å². The third-order valence-corrected chi connectivity index (χ3v) is 4.47. The van der Waals surface area contributed by atoms with Crippen LogP contribution in [0, 0.1) is 0 Å². The maximum Gasteiger partial charge on any atom is 0.186 e. The van der Waals surface area contributed by atoms with E-state index in [4.69, 9.17) is 9.47 Å². The highest BCUT2D eigenvalue weighted by Crippen LogP contribution is 2.25. The molecule has 1 heterocycles. The van der Waals surface area contributed by atoms with E-state index in [0.717, 1.165) is 0 Å². The number of rotatable bonds is 4. The lowest BCUT2D eigenvalue weighted by Gasteiger charge is -2.44. The molecular formula is C14H25NO8. The molecule has 9 nitrogen and oxygen atoms in total. The molecule has 1 fully saturated rings. The second-order valence-electron chi connectivity index (χ2n) is 5.97. The Labute approximate surface area is 133 Å². The van der Waals surface area contributed by atoms with E-state index < -0.39 is 61.6 Å². The Hall–Kier alpha value is -0.620. The highest BCUT2D eigenvalue weighted by atomic mass is 16.7. The molecule has 7 N–H and O–H groups in total. The van der Waals surface area contributed by atoms with Gasteiger partial charge in [0.25, 0.3) is 0 Å². The monoisotopic (exact) mass is 335 g/mol. The summed E-state index contributed by atoms with van der Waals surface area (Å²) in [4.78, 5) is 0. The van der Waals surface area contributed by atoms with Gasteiger partial charge in [0.1, 0.15) is 30.5 Å². The van der Waals surface area contributed by atoms with Gasteiger partial charge in [0, 0.05) is 7.11 Å². The molecule has 0 amide bonds. The molecule has 0 aromatic heterocycles. The molecule has 0 saturated carbocycles. The average Bonchev–Trinajstić information content (AvgIpc) is 2.54. The van der Waals surface area contributed by atoms with E-state index in [1.165, 1.54) is 13.2 Å². The van der Waals surface area contributed by atoms with Crippen molar-refractivity contribution in [3.05, 3.63) is 11.6 Å². The Kier molecular flexibility index (Phi) is 6.11. The molecule has 1 aliphatic carbocycles. The van der Waals surface area contributed by atoms with Gasteiger partial charge in [-0.25, -0.2) is 0 Å². The predicted octanol–water partition coefficient (Wildman–Crippen LogP) is -3.56. The zero-order chi connectivity index (χ0) is 17.3. The molecular weight excluding hydrogens is 310 g/mol. The van der Waals surface area contributed by atoms with Crippen LogP contribution in [0.3, 0.4) is 0 Å². The standard InChI is InChI=1S/C14H25NO8/c1-5-8(11(19)13(21)14(22-2)23-5)15-7-3-6(4-16)9(17)12(20)10(7)18/h3,5,7-21H,4H2,1-2H3/t5-,7-,8?,9-,10+,11+,12?,13?,14?/m1/s1. The largest absolute Gasteiger partial charge is 0.392 e. The van der Waals surface area contributed by atoms with E-state index in [9.17, 15) is 30.6 Å². The van der Waals surface area contributed by atoms with Crippen LogP contribution in [0.1, 0.15) is 6.92 Å². The van der Waals surface area contributed by atoms with Gasteiger partial charge >= 0.3 is 0 Å². The Balaban J connectivity index is 2.15. The molecule has 0 aromatic rings. The van der Waals surface area contributed by atoms with Crippen LogP contribution >= 0.6 is 0 Å². The zero-order valence-electron chi connectivity index (χ0n) is 13.0. The van der Waals surface area contributed by atoms with Crippen molar-refractivity contribution in [1.29, 1.82) is 0 Å². The number of aliphatic hydroxyl groups excluding tert-OH is 6. The first-order valence-corrected chi connectivity index (χ1v) is 7.47. The van der Waals surface area contributed by atoms with Crippen LogP contribution in [0.5, 0.6) is 0 Å². The lowest BCUT2D eigenvalue weighted by Crippen LogP contribution is -2.66. The fourth-order valence-electron chi connectivity index (χ4n) is 3.02. The Morgan fingerprint density at radius 2 is 1.74 bits per heavy atom. The number of nitrogens with one attached hydrogen (secondary N) is 1. The van der Waals surface area contributed by atoms with Crippen LogP contribution in [-0.4, -0.2) is 99.4 Å². The third kappa shape index (κ3) is 3.58. The fraction of sp³-hybridized carbons (Fsp3) is 0.857. The first kappa shape index (κ1) is 18.7. The van der Waals surface area contributed by atoms with Crippen molar-refractivity contribution in [2.24, 2.45) is 0 Å². The third-order valence-electron chi connectivity index (χ3n) is 4.47. The van der Waals surface area contributed by atoms with E-state index in [-0.39, 0.29) is 5.57 Å². The molecule has 4 unspecified atom stereocenters. The van der Waals surface area contributed by atoms with E-state index in [1.54, 1.807) is 6.92 Å². The predicted molar refractivity (Wildman–Crippen MR) is 77.3 cm³/mol. The van der Waals surface area contributed by atoms with Crippen LogP contribution in [-0.2, 0) is 9.47 Å². The number of ether oxygens (including phenoxy) is 2. The normalized spacial score (nSPS) is 48.2. The highest BCUT2D eigenvalue weighted by molar-refractivity contribution is 5.22. The number of hydrogen-bond donors (Lipinski definition) is 7. The molecule has 1 aliphatic heterocycles. The first-order valence-electron chi connectivity index (χ1n) is 7.47. The van der Waals surface area contributed by atoms with Gasteiger partial charge in [0.2, 0.25) is 0 Å². The molecule has 9 atom stereocenters. The van der Waals surface area contributed by atoms with Crippen LogP contribution in [0.15, 0.2) is 11.6 Å². The fourth-order valence-corrected chi connectivity index (χ4v) is 3.02. The number of methoxy groups -OCH3 is 1. The maximum atomic E-state index is 10.2. The summed E-state index contributed by atoms with van der Waals surface area (Å²) in [5, 5.41) is 62.0. The van der Waals surface area contributed by atoms with E-state index >= 15 is 0 Å². The lowest BCUT2D eigenvalue weighted by atomic mass is 9.86. The quantitative estimate of drug-likeness (QED) is 0.259. The van der Waals surface area contributed by atoms with Gasteiger partial charge in [-0.3, -0.25) is 0 Å². The van der Waals surface area contributed by atoms with E-state index in [2.05, 4.69) is 5.32 Å². The molecule has 0 radical (unpaired) electrons. The maximum absolute atomic E-state index is 10.2. The Morgan fingerprint density at radius 1 is 1.09 bits per heavy atom. The summed E-state index contributed by atoms with van der Waals surface area (Å²) in [6, 6.07) is -1.60. The average molecular weight is 335 g/mol. The summed E-state index contributed by atoms with van der Waals surface area (Å²) in [5.41, 5.74) is 0.162. The van der Waals surface area contributed by atoms with Crippen molar-refractivity contribution >= 4 is 0 Å². The first-order chi connectivity index (χ1) is 10.8. The summed E-state index contributed by atoms with van der Waals surface area (Å²) in [7, 11) is 1.35. The second kappa shape index (κ2) is 7.51. The molecule has 0 spiro atoms. The summed E-state index contributed by atoms with van der Waals surface area (Å²) < 4.78 is 10.4. The summed E-state index contributed by atoms with van der Waals surface area (Å²) in [6.45, 7) is 1.19. The molecule has 2 rings (SSSR count). The molecule has 2 aliphatic rings. The van der Waals surface area contributed by atoms with Crippen molar-refractivity contribution in [2.45, 2.75) is 61.9 Å². The van der Waals surface area contributed by atoms with Crippen molar-refractivity contribution in [3.8, 4) is 0 Å². The van der Waals surface area contributed by atoms with Crippen molar-refractivity contribution in [3.63, 3.8) is 0 Å². The Bertz CT molecular complexity index is 433. The molecule has 0 aromatic carbocycles. The molecule has 23 heavy (non-hydrogen) atoms. The second-order valence-corrected chi connectivity index (χ2v) is 5.97. The minimum absolute atomic E-state index is 0.162. The minimum atomic E-state index is -1.48. The smallest absolute Gasteiger partial charge is 0.186 e. The molecule has 9 heteroatoms. The van der Waals surface area contributed by atoms with Gasteiger partial charge in [-0.05, 0) is 12.5 Å². The number of hydrogen-bond acceptors (Lipinski definition) is 9. The topological polar surface area (TPSA) is 152 Å². The minimum Gasteiger partial charge on any atom is -0.392 e. The molecule has 0 bridgehead atoms. The summed E-state index contributed by atoms with van der Waals surface area (Å²) in [5.74, 6) is 0. The van der Waals surface area contributed by atoms with Gasteiger partial charge in [0.15, 0.2) is 6.29 Å². The summed E-state index contributed by atoms with van der Waals surface area (Å²) >= 11 is 0. The van der Waals surface area contributed by atoms with Crippen LogP contribution in [0.25, 0.3) is 0 Å². The summed E-state index contributed by atoms with van der Waals surface area (Å²) in [6.07, 6.45) is -6.83. The van der Waals surface area contributed by atoms with Crippen molar-refractivity contribution < 1.29 is 40.1 Å². The van der Waals surface area contributed by atoms with E-state index in [1.807, 2.05) is 0 Å². The van der Waals surface area contributed by atoms with Crippen molar-refractivity contribution in [2.75, 3.05) is 13.7 Å². The van der Waals surface area contributed by atoms with Crippen molar-refractivity contribution in [1.82, 2.24) is 5.32 Å². The van der Waals surface area contributed by atoms with Gasteiger partial charge in [0.05, 0.1) is 24.8 Å². The SMILES string of the molecule is COC1O[C@H](C)C(N[C@@H]2C=C(CO)[C@@H](O)C(O)[C@H]2O)[C@H](O)C1O. The highest BCUT2D eigenvalue weighted by Gasteiger charge is 2.45. The van der Waals surface area contributed by atoms with Gasteiger partial charge in [-0.2, -0.15) is 0 Å². The van der Waals surface area contributed by atoms with Crippen LogP contribution < -0.4 is 5.32 Å². The van der Waals surface area contributed by atoms with Crippen LogP contribution in [0.2, 0.25) is 0 Å².